The van der Waals surface area contributed by atoms with Crippen LogP contribution in [0.15, 0.2) is 42.5 Å². The highest BCUT2D eigenvalue weighted by atomic mass is 28.4. The van der Waals surface area contributed by atoms with Gasteiger partial charge in [-0.3, -0.25) is 0 Å². The van der Waals surface area contributed by atoms with Crippen molar-refractivity contribution in [2.24, 2.45) is 11.3 Å². The van der Waals surface area contributed by atoms with E-state index < -0.39 is 30.9 Å². The van der Waals surface area contributed by atoms with Crippen molar-refractivity contribution in [3.05, 3.63) is 48.0 Å². The first-order chi connectivity index (χ1) is 26.9. The van der Waals surface area contributed by atoms with Gasteiger partial charge in [0.1, 0.15) is 0 Å². The quantitative estimate of drug-likeness (QED) is 0.0743. The molecule has 1 fully saturated rings. The normalized spacial score (nSPS) is 21.2. The van der Waals surface area contributed by atoms with Crippen molar-refractivity contribution >= 4 is 30.9 Å². The molecule has 1 aromatic rings. The number of carboxylic acids is 1. The summed E-state index contributed by atoms with van der Waals surface area (Å²) in [6.07, 6.45) is 11.2. The molecule has 0 bridgehead atoms. The van der Waals surface area contributed by atoms with E-state index in [-0.39, 0.29) is 23.7 Å². The van der Waals surface area contributed by atoms with Crippen molar-refractivity contribution in [3.63, 3.8) is 0 Å². The molecule has 0 radical (unpaired) electrons. The lowest BCUT2D eigenvalue weighted by Crippen LogP contribution is -2.54. The predicted octanol–water partition coefficient (Wildman–Crippen LogP) is 15.9. The molecule has 1 aliphatic rings. The van der Waals surface area contributed by atoms with Crippen LogP contribution in [-0.2, 0) is 24.5 Å². The molecule has 5 nitrogen and oxygen atoms in total. The zero-order chi connectivity index (χ0) is 44.4. The molecule has 8 heteroatoms. The van der Waals surface area contributed by atoms with Crippen LogP contribution >= 0.6 is 0 Å². The first-order valence-electron chi connectivity index (χ1n) is 23.8. The van der Waals surface area contributed by atoms with Crippen LogP contribution in [0.25, 0.3) is 0 Å². The molecule has 0 aliphatic heterocycles. The van der Waals surface area contributed by atoms with Crippen molar-refractivity contribution in [2.45, 2.75) is 251 Å². The van der Waals surface area contributed by atoms with Gasteiger partial charge in [-0.1, -0.05) is 168 Å². The Morgan fingerprint density at radius 3 is 1.53 bits per heavy atom. The number of benzene rings is 1. The third kappa shape index (κ3) is 12.1. The molecule has 58 heavy (non-hydrogen) atoms. The summed E-state index contributed by atoms with van der Waals surface area (Å²) in [5, 5.41) is 9.51. The maximum Gasteiger partial charge on any atom is 0.327 e. The van der Waals surface area contributed by atoms with Gasteiger partial charge in [-0.25, -0.2) is 4.79 Å². The molecule has 2 rings (SSSR count). The van der Waals surface area contributed by atoms with Crippen molar-refractivity contribution in [1.29, 1.82) is 0 Å². The van der Waals surface area contributed by atoms with Crippen LogP contribution in [0.2, 0.25) is 49.9 Å². The van der Waals surface area contributed by atoms with Gasteiger partial charge < -0.3 is 18.4 Å². The third-order valence-electron chi connectivity index (χ3n) is 15.5. The van der Waals surface area contributed by atoms with Crippen molar-refractivity contribution in [2.75, 3.05) is 0 Å². The van der Waals surface area contributed by atoms with Crippen LogP contribution in [0, 0.1) is 11.3 Å². The molecule has 0 heterocycles. The Morgan fingerprint density at radius 2 is 1.10 bits per heavy atom. The van der Waals surface area contributed by atoms with Gasteiger partial charge in [0.2, 0.25) is 25.0 Å². The van der Waals surface area contributed by atoms with E-state index in [0.29, 0.717) is 55.8 Å². The SMILES string of the molecule is CC(C)[Si](OC1CC(O[Si](C(C)C)(C(C)C)C(C)C)C(CC[C@@H](CCc2ccccc2)O[Si](C(C)C)(C(C)C)C(C)C)([C@H](C)CC/C=C\C(=O)O)C1)(C(C)C)C(C)C. The minimum atomic E-state index is -2.29. The van der Waals surface area contributed by atoms with Crippen LogP contribution in [0.5, 0.6) is 0 Å². The van der Waals surface area contributed by atoms with Crippen LogP contribution in [0.4, 0.5) is 0 Å². The third-order valence-corrected chi connectivity index (χ3v) is 33.9. The summed E-state index contributed by atoms with van der Waals surface area (Å²) in [5.74, 6) is -0.559. The number of carboxylic acid groups (broad SMARTS) is 1. The Balaban J connectivity index is 2.89. The van der Waals surface area contributed by atoms with Crippen molar-refractivity contribution < 1.29 is 23.2 Å². The summed E-state index contributed by atoms with van der Waals surface area (Å²) in [6.45, 7) is 46.0. The Bertz CT molecular complexity index is 1300. The van der Waals surface area contributed by atoms with Gasteiger partial charge in [0.25, 0.3) is 0 Å². The highest BCUT2D eigenvalue weighted by molar-refractivity contribution is 6.78. The van der Waals surface area contributed by atoms with Gasteiger partial charge in [-0.05, 0) is 113 Å². The van der Waals surface area contributed by atoms with Crippen LogP contribution in [0.1, 0.15) is 182 Å². The molecule has 1 N–H and O–H groups in total. The van der Waals surface area contributed by atoms with Gasteiger partial charge in [-0.2, -0.15) is 0 Å². The Morgan fingerprint density at radius 1 is 0.655 bits per heavy atom. The largest absolute Gasteiger partial charge is 0.478 e. The molecule has 5 atom stereocenters. The highest BCUT2D eigenvalue weighted by Gasteiger charge is 2.58. The summed E-state index contributed by atoms with van der Waals surface area (Å²) < 4.78 is 23.7. The molecule has 0 amide bonds. The van der Waals surface area contributed by atoms with Crippen LogP contribution in [0.3, 0.4) is 0 Å². The monoisotopic (exact) mass is 859 g/mol. The molecule has 0 aromatic heterocycles. The average molecular weight is 860 g/mol. The Hall–Kier alpha value is -1.04. The number of rotatable bonds is 26. The number of aryl methyl sites for hydroxylation is 1. The fourth-order valence-corrected chi connectivity index (χ4v) is 29.8. The second-order valence-corrected chi connectivity index (χ2v) is 37.7. The van der Waals surface area contributed by atoms with Gasteiger partial charge in [-0.15, -0.1) is 0 Å². The summed E-state index contributed by atoms with van der Waals surface area (Å²) in [7, 11) is -6.67. The Labute approximate surface area is 363 Å². The van der Waals surface area contributed by atoms with E-state index in [2.05, 4.69) is 162 Å². The number of allylic oxidation sites excluding steroid dienone is 1. The van der Waals surface area contributed by atoms with E-state index in [1.165, 1.54) is 11.6 Å². The zero-order valence-electron chi connectivity index (χ0n) is 41.3. The minimum Gasteiger partial charge on any atom is -0.478 e. The van der Waals surface area contributed by atoms with E-state index in [0.717, 1.165) is 51.4 Å². The molecule has 0 spiro atoms. The molecule has 1 saturated carbocycles. The maximum atomic E-state index is 11.6. The van der Waals surface area contributed by atoms with Gasteiger partial charge >= 0.3 is 5.97 Å². The van der Waals surface area contributed by atoms with Crippen LogP contribution < -0.4 is 0 Å². The minimum absolute atomic E-state index is 0.0741. The fraction of sp³-hybridized carbons (Fsp3) is 0.820. The van der Waals surface area contributed by atoms with Gasteiger partial charge in [0, 0.05) is 23.7 Å². The fourth-order valence-electron chi connectivity index (χ4n) is 12.9. The summed E-state index contributed by atoms with van der Waals surface area (Å²) in [4.78, 5) is 11.6. The average Bonchev–Trinajstić information content (AvgIpc) is 3.47. The molecular weight excluding hydrogens is 765 g/mol. The lowest BCUT2D eigenvalue weighted by atomic mass is 9.68. The lowest BCUT2D eigenvalue weighted by molar-refractivity contribution is -0.131. The van der Waals surface area contributed by atoms with E-state index in [1.54, 1.807) is 0 Å². The smallest absolute Gasteiger partial charge is 0.327 e. The molecule has 0 saturated heterocycles. The lowest BCUT2D eigenvalue weighted by Gasteiger charge is -2.50. The topological polar surface area (TPSA) is 65.0 Å². The number of hydrogen-bond acceptors (Lipinski definition) is 4. The maximum absolute atomic E-state index is 11.6. The summed E-state index contributed by atoms with van der Waals surface area (Å²) >= 11 is 0. The molecule has 336 valence electrons. The summed E-state index contributed by atoms with van der Waals surface area (Å²) in [6, 6.07) is 11.0. The summed E-state index contributed by atoms with van der Waals surface area (Å²) in [5.41, 5.74) is 5.74. The predicted molar refractivity (Wildman–Crippen MR) is 259 cm³/mol. The first-order valence-corrected chi connectivity index (χ1v) is 30.3. The van der Waals surface area contributed by atoms with E-state index in [4.69, 9.17) is 13.3 Å². The van der Waals surface area contributed by atoms with E-state index >= 15 is 0 Å². The van der Waals surface area contributed by atoms with Crippen molar-refractivity contribution in [3.8, 4) is 0 Å². The van der Waals surface area contributed by atoms with Gasteiger partial charge in [0.15, 0.2) is 0 Å². The standard InChI is InChI=1S/C50H94O5Si3/c1-35(2)56(36(3)4,37(5)6)53-46(30-29-45-26-21-20-22-27-45)31-32-50(44(19)25-23-24-28-49(51)52)34-47(54-57(38(7)8,39(9)10)40(11)12)33-48(50)55-58(41(13)14,42(15)16)43(17)18/h20-22,24,26-28,35-44,46-48H,23,25,29-34H2,1-19H3,(H,51,52)/b28-24-/t44-,46-,47?,48?,50?/m1/s1. The molecule has 3 unspecified atom stereocenters. The first kappa shape index (κ1) is 53.1. The Kier molecular flexibility index (Phi) is 20.9. The number of carbonyl (C=O) groups is 1. The molecular formula is C50H94O5Si3. The van der Waals surface area contributed by atoms with Gasteiger partial charge in [0.05, 0.1) is 6.10 Å². The van der Waals surface area contributed by atoms with E-state index in [9.17, 15) is 9.90 Å². The second-order valence-electron chi connectivity index (χ2n) is 21.5. The van der Waals surface area contributed by atoms with Crippen molar-refractivity contribution in [1.82, 2.24) is 0 Å². The second kappa shape index (κ2) is 22.9. The number of aliphatic carboxylic acids is 1. The zero-order valence-corrected chi connectivity index (χ0v) is 44.3. The van der Waals surface area contributed by atoms with Crippen LogP contribution in [-0.4, -0.2) is 54.3 Å². The highest BCUT2D eigenvalue weighted by Crippen LogP contribution is 2.58. The van der Waals surface area contributed by atoms with E-state index in [1.807, 2.05) is 6.08 Å². The molecule has 1 aliphatic carbocycles. The molecule has 1 aromatic carbocycles. The number of hydrogen-bond donors (Lipinski definition) is 1.